The molecule has 0 radical (unpaired) electrons. The van der Waals surface area contributed by atoms with Gasteiger partial charge in [-0.1, -0.05) is 12.1 Å². The monoisotopic (exact) mass is 365 g/mol. The van der Waals surface area contributed by atoms with Crippen LogP contribution in [-0.2, 0) is 9.53 Å². The number of carboxylic acids is 1. The summed E-state index contributed by atoms with van der Waals surface area (Å²) in [5.41, 5.74) is -0.749. The van der Waals surface area contributed by atoms with Crippen molar-refractivity contribution in [1.82, 2.24) is 4.90 Å². The van der Waals surface area contributed by atoms with Gasteiger partial charge in [0, 0.05) is 6.07 Å². The molecule has 0 aliphatic carbocycles. The van der Waals surface area contributed by atoms with Crippen LogP contribution in [0.3, 0.4) is 0 Å². The van der Waals surface area contributed by atoms with Crippen molar-refractivity contribution in [3.63, 3.8) is 0 Å². The van der Waals surface area contributed by atoms with Gasteiger partial charge in [0.2, 0.25) is 0 Å². The summed E-state index contributed by atoms with van der Waals surface area (Å²) in [6.07, 6.45) is -0.452. The van der Waals surface area contributed by atoms with Crippen LogP contribution in [0.1, 0.15) is 32.4 Å². The van der Waals surface area contributed by atoms with E-state index < -0.39 is 28.6 Å². The Labute approximate surface area is 151 Å². The van der Waals surface area contributed by atoms with Gasteiger partial charge in [0.15, 0.2) is 6.04 Å². The van der Waals surface area contributed by atoms with E-state index in [1.807, 2.05) is 0 Å². The average molecular weight is 365 g/mol. The van der Waals surface area contributed by atoms with Crippen LogP contribution in [0.25, 0.3) is 0 Å². The molecule has 2 rings (SSSR count). The number of nitrogens with one attached hydrogen (secondary N) is 1. The molecule has 1 saturated heterocycles. The van der Waals surface area contributed by atoms with Gasteiger partial charge in [0.1, 0.15) is 11.6 Å². The molecule has 1 N–H and O–H groups in total. The molecule has 0 aromatic heterocycles. The van der Waals surface area contributed by atoms with Gasteiger partial charge in [-0.3, -0.25) is 15.0 Å². The van der Waals surface area contributed by atoms with Crippen molar-refractivity contribution in [1.29, 1.82) is 0 Å². The summed E-state index contributed by atoms with van der Waals surface area (Å²) < 4.78 is 5.32. The molecule has 1 aromatic rings. The number of carbonyl (C=O) groups excluding carboxylic acids is 2. The molecular formula is C17H23N3O6. The van der Waals surface area contributed by atoms with Crippen LogP contribution in [0.4, 0.5) is 10.5 Å². The first kappa shape index (κ1) is 19.6. The van der Waals surface area contributed by atoms with Crippen molar-refractivity contribution in [2.75, 3.05) is 26.2 Å². The Balaban J connectivity index is 2.14. The predicted molar refractivity (Wildman–Crippen MR) is 89.3 cm³/mol. The highest BCUT2D eigenvalue weighted by atomic mass is 16.6. The highest BCUT2D eigenvalue weighted by molar-refractivity contribution is 5.74. The Morgan fingerprint density at radius 1 is 1.23 bits per heavy atom. The Hall–Kier alpha value is -2.68. The minimum atomic E-state index is -1.37. The summed E-state index contributed by atoms with van der Waals surface area (Å²) in [6.45, 7) is 6.56. The lowest BCUT2D eigenvalue weighted by Crippen LogP contribution is -3.16. The van der Waals surface area contributed by atoms with Crippen LogP contribution >= 0.6 is 0 Å². The maximum Gasteiger partial charge on any atom is 0.410 e. The molecule has 1 fully saturated rings. The maximum absolute atomic E-state index is 12.1. The lowest BCUT2D eigenvalue weighted by molar-refractivity contribution is -0.928. The van der Waals surface area contributed by atoms with Gasteiger partial charge in [0.05, 0.1) is 36.7 Å². The van der Waals surface area contributed by atoms with Gasteiger partial charge in [-0.2, -0.15) is 0 Å². The highest BCUT2D eigenvalue weighted by Crippen LogP contribution is 2.23. The third-order valence-electron chi connectivity index (χ3n) is 4.15. The topological polar surface area (TPSA) is 117 Å². The van der Waals surface area contributed by atoms with Crippen LogP contribution in [0, 0.1) is 10.1 Å². The van der Waals surface area contributed by atoms with Crippen LogP contribution in [0.15, 0.2) is 24.3 Å². The van der Waals surface area contributed by atoms with E-state index in [0.717, 1.165) is 0 Å². The number of nitrogens with zero attached hydrogens (tertiary/aromatic N) is 2. The second kappa shape index (κ2) is 7.69. The van der Waals surface area contributed by atoms with Crippen LogP contribution in [0.5, 0.6) is 0 Å². The van der Waals surface area contributed by atoms with Crippen LogP contribution in [0.2, 0.25) is 0 Å². The van der Waals surface area contributed by atoms with Crippen molar-refractivity contribution >= 4 is 17.7 Å². The fraction of sp³-hybridized carbons (Fsp3) is 0.529. The first-order valence-corrected chi connectivity index (χ1v) is 8.37. The summed E-state index contributed by atoms with van der Waals surface area (Å²) in [7, 11) is 0. The number of nitro groups is 1. The average Bonchev–Trinajstić information content (AvgIpc) is 2.54. The SMILES string of the molecule is CC(C)(C)OC(=O)N1CC[NH+]([C@@H](C(=O)[O-])c2ccccc2[N+](=O)[O-])CC1. The number of benzene rings is 1. The van der Waals surface area contributed by atoms with E-state index in [1.54, 1.807) is 26.8 Å². The van der Waals surface area contributed by atoms with Crippen molar-refractivity contribution in [3.05, 3.63) is 39.9 Å². The standard InChI is InChI=1S/C17H23N3O6/c1-17(2,3)26-16(23)19-10-8-18(9-11-19)14(15(21)22)12-6-4-5-7-13(12)20(24)25/h4-7,14H,8-11H2,1-3H3,(H,21,22)/t14-/m1/s1. The molecule has 26 heavy (non-hydrogen) atoms. The fourth-order valence-electron chi connectivity index (χ4n) is 3.00. The summed E-state index contributed by atoms with van der Waals surface area (Å²) in [4.78, 5) is 36.6. The van der Waals surface area contributed by atoms with E-state index in [2.05, 4.69) is 0 Å². The van der Waals surface area contributed by atoms with Crippen molar-refractivity contribution in [2.45, 2.75) is 32.4 Å². The number of carboxylic acid groups (broad SMARTS) is 1. The zero-order valence-corrected chi connectivity index (χ0v) is 15.1. The van der Waals surface area contributed by atoms with Gasteiger partial charge >= 0.3 is 6.09 Å². The number of para-hydroxylation sites is 1. The fourth-order valence-corrected chi connectivity index (χ4v) is 3.00. The minimum absolute atomic E-state index is 0.109. The third kappa shape index (κ3) is 4.69. The maximum atomic E-state index is 12.1. The highest BCUT2D eigenvalue weighted by Gasteiger charge is 2.35. The van der Waals surface area contributed by atoms with Crippen molar-refractivity contribution in [2.24, 2.45) is 0 Å². The van der Waals surface area contributed by atoms with Crippen molar-refractivity contribution in [3.8, 4) is 0 Å². The molecule has 9 nitrogen and oxygen atoms in total. The summed E-state index contributed by atoms with van der Waals surface area (Å²) in [5.74, 6) is -1.37. The third-order valence-corrected chi connectivity index (χ3v) is 4.15. The summed E-state index contributed by atoms with van der Waals surface area (Å²) >= 11 is 0. The van der Waals surface area contributed by atoms with E-state index in [0.29, 0.717) is 31.1 Å². The number of nitro benzene ring substituents is 1. The number of rotatable bonds is 4. The normalized spacial score (nSPS) is 16.8. The smallest absolute Gasteiger partial charge is 0.410 e. The molecule has 0 spiro atoms. The van der Waals surface area contributed by atoms with E-state index in [1.165, 1.54) is 23.1 Å². The lowest BCUT2D eigenvalue weighted by Gasteiger charge is -2.37. The zero-order valence-electron chi connectivity index (χ0n) is 15.1. The van der Waals surface area contributed by atoms with Gasteiger partial charge in [-0.15, -0.1) is 0 Å². The Kier molecular flexibility index (Phi) is 5.81. The molecule has 1 atom stereocenters. The van der Waals surface area contributed by atoms with Crippen LogP contribution in [-0.4, -0.2) is 53.7 Å². The number of hydrogen-bond acceptors (Lipinski definition) is 6. The number of piperazine rings is 1. The number of amides is 1. The number of quaternary nitrogens is 1. The van der Waals surface area contributed by atoms with Crippen LogP contribution < -0.4 is 10.0 Å². The largest absolute Gasteiger partial charge is 0.544 e. The molecular weight excluding hydrogens is 342 g/mol. The summed E-state index contributed by atoms with van der Waals surface area (Å²) in [6, 6.07) is 4.60. The molecule has 0 bridgehead atoms. The molecule has 1 aliphatic rings. The van der Waals surface area contributed by atoms with Gasteiger partial charge in [-0.25, -0.2) is 4.79 Å². The number of hydrogen-bond donors (Lipinski definition) is 1. The summed E-state index contributed by atoms with van der Waals surface area (Å²) in [5, 5.41) is 22.9. The van der Waals surface area contributed by atoms with E-state index in [4.69, 9.17) is 4.74 Å². The van der Waals surface area contributed by atoms with Gasteiger partial charge < -0.3 is 19.5 Å². The van der Waals surface area contributed by atoms with E-state index >= 15 is 0 Å². The van der Waals surface area contributed by atoms with Gasteiger partial charge in [0.25, 0.3) is 5.69 Å². The second-order valence-electron chi connectivity index (χ2n) is 7.19. The predicted octanol–water partition coefficient (Wildman–Crippen LogP) is -0.479. The number of ether oxygens (including phenoxy) is 1. The molecule has 1 aromatic carbocycles. The molecule has 1 heterocycles. The molecule has 142 valence electrons. The Morgan fingerprint density at radius 2 is 1.81 bits per heavy atom. The molecule has 1 aliphatic heterocycles. The Morgan fingerprint density at radius 3 is 2.31 bits per heavy atom. The molecule has 9 heteroatoms. The first-order valence-electron chi connectivity index (χ1n) is 8.37. The van der Waals surface area contributed by atoms with E-state index in [-0.39, 0.29) is 11.3 Å². The number of aliphatic carboxylic acids is 1. The molecule has 0 unspecified atom stereocenters. The van der Waals surface area contributed by atoms with E-state index in [9.17, 15) is 24.8 Å². The quantitative estimate of drug-likeness (QED) is 0.569. The number of carbonyl (C=O) groups is 2. The zero-order chi connectivity index (χ0) is 19.5. The molecule has 1 amide bonds. The minimum Gasteiger partial charge on any atom is -0.544 e. The van der Waals surface area contributed by atoms with Crippen molar-refractivity contribution < 1.29 is 29.3 Å². The molecule has 0 saturated carbocycles. The second-order valence-corrected chi connectivity index (χ2v) is 7.19. The first-order chi connectivity index (χ1) is 12.1. The Bertz CT molecular complexity index is 692. The lowest BCUT2D eigenvalue weighted by atomic mass is 10.0. The van der Waals surface area contributed by atoms with Gasteiger partial charge in [-0.05, 0) is 26.8 Å².